The van der Waals surface area contributed by atoms with Crippen LogP contribution in [0.3, 0.4) is 0 Å². The van der Waals surface area contributed by atoms with Crippen LogP contribution < -0.4 is 10.1 Å². The Bertz CT molecular complexity index is 765. The van der Waals surface area contributed by atoms with Crippen molar-refractivity contribution in [1.29, 1.82) is 0 Å². The van der Waals surface area contributed by atoms with Gasteiger partial charge in [0.15, 0.2) is 11.5 Å². The van der Waals surface area contributed by atoms with Crippen LogP contribution in [0.25, 0.3) is 11.3 Å². The number of rotatable bonds is 4. The van der Waals surface area contributed by atoms with Gasteiger partial charge in [-0.2, -0.15) is 0 Å². The van der Waals surface area contributed by atoms with E-state index in [1.807, 2.05) is 24.3 Å². The van der Waals surface area contributed by atoms with Gasteiger partial charge in [-0.1, -0.05) is 17.3 Å². The number of carbonyl (C=O) groups is 1. The van der Waals surface area contributed by atoms with Gasteiger partial charge in [0.1, 0.15) is 12.4 Å². The predicted octanol–water partition coefficient (Wildman–Crippen LogP) is 1.21. The molecule has 1 aromatic heterocycles. The number of amides is 1. The Morgan fingerprint density at radius 3 is 2.88 bits per heavy atom. The van der Waals surface area contributed by atoms with Gasteiger partial charge in [0.05, 0.1) is 11.1 Å². The van der Waals surface area contributed by atoms with Gasteiger partial charge in [0.25, 0.3) is 5.91 Å². The first-order chi connectivity index (χ1) is 12.2. The molecule has 3 heterocycles. The van der Waals surface area contributed by atoms with Gasteiger partial charge in [0, 0.05) is 39.3 Å². The van der Waals surface area contributed by atoms with Crippen LogP contribution >= 0.6 is 0 Å². The zero-order valence-electron chi connectivity index (χ0n) is 14.3. The lowest BCUT2D eigenvalue weighted by Gasteiger charge is -2.32. The average molecular weight is 342 g/mol. The number of nitrogens with zero attached hydrogens (tertiary/aromatic N) is 3. The zero-order chi connectivity index (χ0) is 17.2. The number of para-hydroxylation sites is 1. The van der Waals surface area contributed by atoms with Gasteiger partial charge in [0.2, 0.25) is 0 Å². The number of carbonyl (C=O) groups excluding carboxylic acids is 1. The van der Waals surface area contributed by atoms with E-state index in [1.165, 1.54) is 0 Å². The molecule has 4 rings (SSSR count). The molecule has 0 aliphatic carbocycles. The summed E-state index contributed by atoms with van der Waals surface area (Å²) < 4.78 is 11.2. The van der Waals surface area contributed by atoms with E-state index in [0.717, 1.165) is 49.6 Å². The van der Waals surface area contributed by atoms with Crippen LogP contribution in [0.5, 0.6) is 5.75 Å². The van der Waals surface area contributed by atoms with E-state index in [0.29, 0.717) is 24.6 Å². The number of hydrogen-bond acceptors (Lipinski definition) is 6. The van der Waals surface area contributed by atoms with Crippen LogP contribution in [0.1, 0.15) is 16.1 Å². The van der Waals surface area contributed by atoms with Gasteiger partial charge < -0.3 is 19.5 Å². The average Bonchev–Trinajstić information content (AvgIpc) is 3.08. The van der Waals surface area contributed by atoms with Gasteiger partial charge in [-0.3, -0.25) is 9.69 Å². The Kier molecular flexibility index (Phi) is 4.42. The fourth-order valence-corrected chi connectivity index (χ4v) is 3.25. The molecule has 1 amide bonds. The van der Waals surface area contributed by atoms with Crippen LogP contribution in [-0.2, 0) is 6.61 Å². The third kappa shape index (κ3) is 3.25. The minimum absolute atomic E-state index is 0.206. The number of fused-ring (bicyclic) bond motifs is 3. The third-order valence-corrected chi connectivity index (χ3v) is 4.82. The lowest BCUT2D eigenvalue weighted by molar-refractivity contribution is 0.0930. The van der Waals surface area contributed by atoms with Crippen molar-refractivity contribution >= 4 is 5.91 Å². The highest BCUT2D eigenvalue weighted by Gasteiger charge is 2.28. The Balaban J connectivity index is 1.38. The Morgan fingerprint density at radius 2 is 2.04 bits per heavy atom. The molecule has 1 saturated heterocycles. The molecule has 0 spiro atoms. The van der Waals surface area contributed by atoms with Crippen molar-refractivity contribution < 1.29 is 14.1 Å². The van der Waals surface area contributed by atoms with Crippen molar-refractivity contribution in [3.63, 3.8) is 0 Å². The normalized spacial score (nSPS) is 17.5. The number of likely N-dealkylation sites (N-methyl/N-ethyl adjacent to an activating group) is 1. The maximum Gasteiger partial charge on any atom is 0.273 e. The first kappa shape index (κ1) is 16.1. The van der Waals surface area contributed by atoms with E-state index in [-0.39, 0.29) is 5.91 Å². The molecule has 1 N–H and O–H groups in total. The highest BCUT2D eigenvalue weighted by molar-refractivity contribution is 5.95. The van der Waals surface area contributed by atoms with E-state index < -0.39 is 0 Å². The van der Waals surface area contributed by atoms with Crippen molar-refractivity contribution in [2.75, 3.05) is 46.3 Å². The molecule has 0 atom stereocenters. The smallest absolute Gasteiger partial charge is 0.273 e. The predicted molar refractivity (Wildman–Crippen MR) is 92.5 cm³/mol. The lowest BCUT2D eigenvalue weighted by atomic mass is 10.0. The Hall–Kier alpha value is -2.38. The highest BCUT2D eigenvalue weighted by Crippen LogP contribution is 2.38. The number of benzene rings is 1. The zero-order valence-corrected chi connectivity index (χ0v) is 14.3. The monoisotopic (exact) mass is 342 g/mol. The second-order valence-corrected chi connectivity index (χ2v) is 6.52. The molecule has 7 heteroatoms. The summed E-state index contributed by atoms with van der Waals surface area (Å²) in [6, 6.07) is 7.62. The molecule has 1 fully saturated rings. The van der Waals surface area contributed by atoms with Gasteiger partial charge in [-0.05, 0) is 19.2 Å². The van der Waals surface area contributed by atoms with Gasteiger partial charge in [-0.15, -0.1) is 0 Å². The van der Waals surface area contributed by atoms with Gasteiger partial charge >= 0.3 is 0 Å². The molecule has 2 aliphatic heterocycles. The SMILES string of the molecule is CN1CCN(CCNC(=O)c2noc3c2COc2ccccc2-3)CC1. The van der Waals surface area contributed by atoms with E-state index in [2.05, 4.69) is 27.3 Å². The standard InChI is InChI=1S/C18H22N4O3/c1-21-8-10-22(11-9-21)7-6-19-18(23)16-14-12-24-15-5-3-2-4-13(15)17(14)25-20-16/h2-5H,6-12H2,1H3,(H,19,23). The largest absolute Gasteiger partial charge is 0.488 e. The Morgan fingerprint density at radius 1 is 1.24 bits per heavy atom. The van der Waals surface area contributed by atoms with Crippen molar-refractivity contribution in [2.24, 2.45) is 0 Å². The first-order valence-electron chi connectivity index (χ1n) is 8.62. The number of aromatic nitrogens is 1. The second-order valence-electron chi connectivity index (χ2n) is 6.52. The molecule has 2 aliphatic rings. The summed E-state index contributed by atoms with van der Waals surface area (Å²) in [7, 11) is 2.13. The highest BCUT2D eigenvalue weighted by atomic mass is 16.5. The van der Waals surface area contributed by atoms with Crippen LogP contribution in [0.15, 0.2) is 28.8 Å². The summed E-state index contributed by atoms with van der Waals surface area (Å²) in [6.07, 6.45) is 0. The summed E-state index contributed by atoms with van der Waals surface area (Å²) >= 11 is 0. The molecule has 0 saturated carbocycles. The molecule has 7 nitrogen and oxygen atoms in total. The van der Waals surface area contributed by atoms with E-state index in [1.54, 1.807) is 0 Å². The molecule has 1 aromatic carbocycles. The van der Waals surface area contributed by atoms with Crippen molar-refractivity contribution in [2.45, 2.75) is 6.61 Å². The topological polar surface area (TPSA) is 70.8 Å². The summed E-state index contributed by atoms with van der Waals surface area (Å²) in [5.41, 5.74) is 1.88. The minimum atomic E-state index is -0.206. The van der Waals surface area contributed by atoms with E-state index >= 15 is 0 Å². The maximum absolute atomic E-state index is 12.5. The molecule has 132 valence electrons. The van der Waals surface area contributed by atoms with Crippen molar-refractivity contribution in [3.8, 4) is 17.1 Å². The van der Waals surface area contributed by atoms with Crippen molar-refractivity contribution in [1.82, 2.24) is 20.3 Å². The second kappa shape index (κ2) is 6.85. The van der Waals surface area contributed by atoms with Crippen LogP contribution in [0, 0.1) is 0 Å². The van der Waals surface area contributed by atoms with Crippen LogP contribution in [0.4, 0.5) is 0 Å². The van der Waals surface area contributed by atoms with Crippen LogP contribution in [0.2, 0.25) is 0 Å². The molecule has 25 heavy (non-hydrogen) atoms. The maximum atomic E-state index is 12.5. The third-order valence-electron chi connectivity index (χ3n) is 4.82. The number of nitrogens with one attached hydrogen (secondary N) is 1. The molecule has 0 radical (unpaired) electrons. The molecular formula is C18H22N4O3. The van der Waals surface area contributed by atoms with Crippen molar-refractivity contribution in [3.05, 3.63) is 35.5 Å². The molecular weight excluding hydrogens is 320 g/mol. The number of ether oxygens (including phenoxy) is 1. The van der Waals surface area contributed by atoms with Crippen LogP contribution in [-0.4, -0.2) is 67.2 Å². The van der Waals surface area contributed by atoms with E-state index in [9.17, 15) is 4.79 Å². The fourth-order valence-electron chi connectivity index (χ4n) is 3.25. The Labute approximate surface area is 146 Å². The first-order valence-corrected chi connectivity index (χ1v) is 8.62. The number of piperazine rings is 1. The summed E-state index contributed by atoms with van der Waals surface area (Å²) in [5.74, 6) is 1.18. The fraction of sp³-hybridized carbons (Fsp3) is 0.444. The minimum Gasteiger partial charge on any atom is -0.488 e. The quantitative estimate of drug-likeness (QED) is 0.901. The van der Waals surface area contributed by atoms with E-state index in [4.69, 9.17) is 9.26 Å². The summed E-state index contributed by atoms with van der Waals surface area (Å²) in [4.78, 5) is 17.1. The molecule has 0 bridgehead atoms. The summed E-state index contributed by atoms with van der Waals surface area (Å²) in [5, 5.41) is 6.93. The molecule has 2 aromatic rings. The number of hydrogen-bond donors (Lipinski definition) is 1. The molecule has 0 unspecified atom stereocenters. The lowest BCUT2D eigenvalue weighted by Crippen LogP contribution is -2.47. The van der Waals surface area contributed by atoms with Gasteiger partial charge in [-0.25, -0.2) is 0 Å². The summed E-state index contributed by atoms with van der Waals surface area (Å²) in [6.45, 7) is 5.97.